The Morgan fingerprint density at radius 3 is 1.30 bits per heavy atom. The molecule has 0 unspecified atom stereocenters. The van der Waals surface area contributed by atoms with E-state index in [1.165, 1.54) is 23.8 Å². The van der Waals surface area contributed by atoms with Gasteiger partial charge in [0.2, 0.25) is 0 Å². The molecule has 0 rings (SSSR count). The van der Waals surface area contributed by atoms with Crippen LogP contribution in [-0.2, 0) is 0 Å². The molecule has 10 heavy (non-hydrogen) atoms. The molecule has 0 aromatic heterocycles. The number of hydrogen-bond donors (Lipinski definition) is 3. The van der Waals surface area contributed by atoms with Crippen molar-refractivity contribution in [2.24, 2.45) is 0 Å². The van der Waals surface area contributed by atoms with Crippen LogP contribution in [0.5, 0.6) is 0 Å². The average Bonchev–Trinajstić information content (AvgIpc) is 1.90. The summed E-state index contributed by atoms with van der Waals surface area (Å²) in [6.07, 6.45) is 4.52. The fourth-order valence-electron chi connectivity index (χ4n) is 0.386. The molecule has 0 fully saturated rings. The lowest BCUT2D eigenvalue weighted by molar-refractivity contribution is 0.121. The third kappa shape index (κ3) is 3.57. The summed E-state index contributed by atoms with van der Waals surface area (Å²) in [6, 6.07) is 0. The first-order valence-electron chi connectivity index (χ1n) is 2.76. The minimum absolute atomic E-state index is 1.44. The van der Waals surface area contributed by atoms with Crippen LogP contribution >= 0.6 is 0 Å². The van der Waals surface area contributed by atoms with Crippen molar-refractivity contribution >= 4 is 0 Å². The lowest BCUT2D eigenvalue weighted by Gasteiger charge is -2.19. The lowest BCUT2D eigenvalue weighted by Crippen LogP contribution is -2.49. The number of hydrogen-bond acceptors (Lipinski definition) is 4. The van der Waals surface area contributed by atoms with Crippen molar-refractivity contribution in [2.45, 2.75) is 0 Å². The SMILES string of the molecule is C=CNN(NC=C)NC=C. The number of hydrazine groups is 3. The Kier molecular flexibility index (Phi) is 4.90. The van der Waals surface area contributed by atoms with Crippen molar-refractivity contribution < 1.29 is 0 Å². The molecule has 0 aromatic carbocycles. The Bertz CT molecular complexity index is 97.1. The van der Waals surface area contributed by atoms with E-state index < -0.39 is 0 Å². The summed E-state index contributed by atoms with van der Waals surface area (Å²) in [4.78, 5) is 0. The molecule has 56 valence electrons. The van der Waals surface area contributed by atoms with Crippen LogP contribution in [0.25, 0.3) is 0 Å². The first-order chi connectivity index (χ1) is 4.85. The summed E-state index contributed by atoms with van der Waals surface area (Å²) in [5.41, 5.74) is 8.15. The molecule has 0 aromatic rings. The van der Waals surface area contributed by atoms with E-state index in [1.54, 1.807) is 0 Å². The van der Waals surface area contributed by atoms with Gasteiger partial charge in [-0.2, -0.15) is 0 Å². The molecule has 0 saturated heterocycles. The Balaban J connectivity index is 3.58. The molecule has 0 aliphatic carbocycles. The van der Waals surface area contributed by atoms with Crippen molar-refractivity contribution in [3.63, 3.8) is 0 Å². The van der Waals surface area contributed by atoms with Gasteiger partial charge in [-0.15, -0.1) is 0 Å². The molecular formula is C6H12N4. The Morgan fingerprint density at radius 2 is 1.10 bits per heavy atom. The van der Waals surface area contributed by atoms with E-state index >= 15 is 0 Å². The van der Waals surface area contributed by atoms with Gasteiger partial charge in [0.1, 0.15) is 0 Å². The Labute approximate surface area is 60.8 Å². The Morgan fingerprint density at radius 1 is 0.800 bits per heavy atom. The van der Waals surface area contributed by atoms with Gasteiger partial charge in [0.25, 0.3) is 0 Å². The molecule has 0 saturated carbocycles. The summed E-state index contributed by atoms with van der Waals surface area (Å²) in [5.74, 6) is 0. The first kappa shape index (κ1) is 8.58. The van der Waals surface area contributed by atoms with Crippen LogP contribution in [-0.4, -0.2) is 5.23 Å². The highest BCUT2D eigenvalue weighted by molar-refractivity contribution is 4.66. The molecule has 4 heteroatoms. The molecule has 0 heterocycles. The van der Waals surface area contributed by atoms with E-state index in [0.717, 1.165) is 0 Å². The largest absolute Gasteiger partial charge is 0.291 e. The molecular weight excluding hydrogens is 128 g/mol. The van der Waals surface area contributed by atoms with Gasteiger partial charge >= 0.3 is 0 Å². The average molecular weight is 140 g/mol. The van der Waals surface area contributed by atoms with Gasteiger partial charge < -0.3 is 0 Å². The zero-order valence-corrected chi connectivity index (χ0v) is 5.80. The van der Waals surface area contributed by atoms with Gasteiger partial charge in [-0.1, -0.05) is 19.7 Å². The van der Waals surface area contributed by atoms with E-state index in [9.17, 15) is 0 Å². The predicted octanol–water partition coefficient (Wildman–Crippen LogP) is 0.233. The third-order valence-electron chi connectivity index (χ3n) is 0.661. The Hall–Kier alpha value is -1.42. The molecule has 0 aliphatic heterocycles. The third-order valence-corrected chi connectivity index (χ3v) is 0.661. The van der Waals surface area contributed by atoms with Crippen LogP contribution in [0.4, 0.5) is 0 Å². The van der Waals surface area contributed by atoms with E-state index in [0.29, 0.717) is 0 Å². The van der Waals surface area contributed by atoms with Crippen LogP contribution in [0.2, 0.25) is 0 Å². The summed E-state index contributed by atoms with van der Waals surface area (Å²) < 4.78 is 0. The van der Waals surface area contributed by atoms with E-state index in [4.69, 9.17) is 0 Å². The highest BCUT2D eigenvalue weighted by Gasteiger charge is 1.89. The second-order valence-electron chi connectivity index (χ2n) is 1.34. The molecule has 0 aliphatic rings. The highest BCUT2D eigenvalue weighted by atomic mass is 15.9. The van der Waals surface area contributed by atoms with E-state index in [-0.39, 0.29) is 0 Å². The quantitative estimate of drug-likeness (QED) is 0.462. The van der Waals surface area contributed by atoms with Crippen molar-refractivity contribution in [1.29, 1.82) is 0 Å². The second-order valence-corrected chi connectivity index (χ2v) is 1.34. The summed E-state index contributed by atoms with van der Waals surface area (Å²) in [6.45, 7) is 10.4. The van der Waals surface area contributed by atoms with Gasteiger partial charge in [0, 0.05) is 18.6 Å². The van der Waals surface area contributed by atoms with Crippen molar-refractivity contribution in [3.8, 4) is 0 Å². The van der Waals surface area contributed by atoms with Crippen molar-refractivity contribution in [1.82, 2.24) is 21.5 Å². The molecule has 3 N–H and O–H groups in total. The zero-order chi connectivity index (χ0) is 7.82. The van der Waals surface area contributed by atoms with Crippen LogP contribution in [0.1, 0.15) is 0 Å². The number of nitrogens with one attached hydrogen (secondary N) is 3. The zero-order valence-electron chi connectivity index (χ0n) is 5.80. The fraction of sp³-hybridized carbons (Fsp3) is 0. The highest BCUT2D eigenvalue weighted by Crippen LogP contribution is 1.67. The smallest absolute Gasteiger partial charge is 0.00917 e. The van der Waals surface area contributed by atoms with Gasteiger partial charge in [-0.25, -0.2) is 0 Å². The van der Waals surface area contributed by atoms with Crippen LogP contribution in [0.15, 0.2) is 38.3 Å². The summed E-state index contributed by atoms with van der Waals surface area (Å²) in [7, 11) is 0. The second kappa shape index (κ2) is 5.71. The maximum atomic E-state index is 3.46. The topological polar surface area (TPSA) is 39.3 Å². The van der Waals surface area contributed by atoms with E-state index in [1.807, 2.05) is 0 Å². The molecule has 0 bridgehead atoms. The summed E-state index contributed by atoms with van der Waals surface area (Å²) >= 11 is 0. The predicted molar refractivity (Wildman–Crippen MR) is 41.8 cm³/mol. The number of rotatable bonds is 6. The van der Waals surface area contributed by atoms with E-state index in [2.05, 4.69) is 36.0 Å². The molecule has 0 atom stereocenters. The summed E-state index contributed by atoms with van der Waals surface area (Å²) in [5, 5.41) is 1.44. The van der Waals surface area contributed by atoms with Gasteiger partial charge in [-0.3, -0.25) is 16.3 Å². The normalized spacial score (nSPS) is 8.10. The lowest BCUT2D eigenvalue weighted by atomic mass is 11.0. The molecule has 0 amide bonds. The van der Waals surface area contributed by atoms with Crippen LogP contribution in [0, 0.1) is 0 Å². The van der Waals surface area contributed by atoms with Gasteiger partial charge in [0.15, 0.2) is 0 Å². The first-order valence-corrected chi connectivity index (χ1v) is 2.76. The van der Waals surface area contributed by atoms with Crippen molar-refractivity contribution in [3.05, 3.63) is 38.3 Å². The molecule has 4 nitrogen and oxygen atoms in total. The number of nitrogens with zero attached hydrogens (tertiary/aromatic N) is 1. The molecule has 0 spiro atoms. The molecule has 0 radical (unpaired) electrons. The minimum atomic E-state index is 1.44. The minimum Gasteiger partial charge on any atom is -0.291 e. The van der Waals surface area contributed by atoms with Gasteiger partial charge in [0.05, 0.1) is 0 Å². The van der Waals surface area contributed by atoms with Crippen molar-refractivity contribution in [2.75, 3.05) is 0 Å². The van der Waals surface area contributed by atoms with Crippen LogP contribution < -0.4 is 16.3 Å². The standard InChI is InChI=1S/C6H12N4/c1-4-7-10(8-5-2)9-6-3/h4-9H,1-3H2. The maximum absolute atomic E-state index is 3.46. The fourth-order valence-corrected chi connectivity index (χ4v) is 0.386. The van der Waals surface area contributed by atoms with Gasteiger partial charge in [-0.05, 0) is 5.23 Å². The monoisotopic (exact) mass is 140 g/mol. The maximum Gasteiger partial charge on any atom is 0.00917 e. The van der Waals surface area contributed by atoms with Crippen LogP contribution in [0.3, 0.4) is 0 Å².